The van der Waals surface area contributed by atoms with Crippen molar-refractivity contribution in [1.82, 2.24) is 4.98 Å². The second-order valence-electron chi connectivity index (χ2n) is 3.76. The molecule has 1 unspecified atom stereocenters. The van der Waals surface area contributed by atoms with Crippen LogP contribution in [0.1, 0.15) is 17.4 Å². The molecule has 0 saturated heterocycles. The molecule has 0 fully saturated rings. The average molecular weight is 233 g/mol. The van der Waals surface area contributed by atoms with Gasteiger partial charge < -0.3 is 10.2 Å². The molecule has 0 aliphatic heterocycles. The molecule has 88 valence electrons. The van der Waals surface area contributed by atoms with E-state index in [1.165, 1.54) is 30.5 Å². The molecule has 4 heteroatoms. The van der Waals surface area contributed by atoms with Gasteiger partial charge in [0.2, 0.25) is 0 Å². The van der Waals surface area contributed by atoms with Crippen LogP contribution in [-0.4, -0.2) is 15.2 Å². The third-order valence-corrected chi connectivity index (χ3v) is 2.47. The van der Waals surface area contributed by atoms with Crippen molar-refractivity contribution in [2.75, 3.05) is 0 Å². The lowest BCUT2D eigenvalue weighted by atomic mass is 10.0. The number of nitrogens with zero attached hydrogens (tertiary/aromatic N) is 1. The molecule has 0 saturated carbocycles. The molecule has 0 bridgehead atoms. The largest absolute Gasteiger partial charge is 0.508 e. The van der Waals surface area contributed by atoms with E-state index in [0.29, 0.717) is 0 Å². The van der Waals surface area contributed by atoms with Gasteiger partial charge in [0.1, 0.15) is 23.4 Å². The highest BCUT2D eigenvalue weighted by Crippen LogP contribution is 2.20. The Morgan fingerprint density at radius 3 is 2.53 bits per heavy atom. The zero-order valence-corrected chi connectivity index (χ0v) is 9.05. The molecule has 2 rings (SSSR count). The summed E-state index contributed by atoms with van der Waals surface area (Å²) in [6.07, 6.45) is 0.716. The monoisotopic (exact) mass is 233 g/mol. The molecular formula is C13H12FNO2. The molecule has 0 radical (unpaired) electrons. The first-order valence-corrected chi connectivity index (χ1v) is 5.23. The minimum absolute atomic E-state index is 0.0422. The highest BCUT2D eigenvalue weighted by molar-refractivity contribution is 5.27. The van der Waals surface area contributed by atoms with Gasteiger partial charge in [-0.05, 0) is 29.8 Å². The Balaban J connectivity index is 2.14. The van der Waals surface area contributed by atoms with E-state index in [0.717, 1.165) is 5.56 Å². The molecule has 2 aromatic rings. The van der Waals surface area contributed by atoms with E-state index in [2.05, 4.69) is 4.98 Å². The van der Waals surface area contributed by atoms with Gasteiger partial charge >= 0.3 is 0 Å². The van der Waals surface area contributed by atoms with Crippen LogP contribution >= 0.6 is 0 Å². The number of rotatable bonds is 3. The summed E-state index contributed by atoms with van der Waals surface area (Å²) in [7, 11) is 0. The van der Waals surface area contributed by atoms with Gasteiger partial charge in [0, 0.05) is 12.6 Å². The molecule has 1 atom stereocenters. The Kier molecular flexibility index (Phi) is 3.35. The summed E-state index contributed by atoms with van der Waals surface area (Å²) in [6, 6.07) is 9.15. The quantitative estimate of drug-likeness (QED) is 0.854. The van der Waals surface area contributed by atoms with Gasteiger partial charge in [0.05, 0.1) is 0 Å². The Morgan fingerprint density at radius 1 is 1.18 bits per heavy atom. The van der Waals surface area contributed by atoms with Gasteiger partial charge in [-0.3, -0.25) is 4.98 Å². The number of hydrogen-bond acceptors (Lipinski definition) is 3. The Morgan fingerprint density at radius 2 is 1.88 bits per heavy atom. The molecule has 2 N–H and O–H groups in total. The summed E-state index contributed by atoms with van der Waals surface area (Å²) in [4.78, 5) is 3.82. The first-order valence-electron chi connectivity index (χ1n) is 5.23. The molecule has 3 nitrogen and oxygen atoms in total. The van der Waals surface area contributed by atoms with E-state index in [4.69, 9.17) is 5.11 Å². The van der Waals surface area contributed by atoms with Crippen molar-refractivity contribution in [1.29, 1.82) is 0 Å². The third kappa shape index (κ3) is 2.79. The smallest absolute Gasteiger partial charge is 0.147 e. The zero-order chi connectivity index (χ0) is 12.3. The predicted molar refractivity (Wildman–Crippen MR) is 61.0 cm³/mol. The third-order valence-electron chi connectivity index (χ3n) is 2.47. The summed E-state index contributed by atoms with van der Waals surface area (Å²) in [5.74, 6) is -0.356. The molecule has 1 aromatic carbocycles. The standard InChI is InChI=1S/C13H12FNO2/c14-11-2-1-7-15-13(11)12(17)8-9-3-5-10(16)6-4-9/h1-7,12,16-17H,8H2. The zero-order valence-electron chi connectivity index (χ0n) is 9.05. The van der Waals surface area contributed by atoms with Crippen LogP contribution in [0.5, 0.6) is 5.75 Å². The minimum Gasteiger partial charge on any atom is -0.508 e. The lowest BCUT2D eigenvalue weighted by molar-refractivity contribution is 0.168. The summed E-state index contributed by atoms with van der Waals surface area (Å²) in [5, 5.41) is 19.0. The van der Waals surface area contributed by atoms with E-state index >= 15 is 0 Å². The second kappa shape index (κ2) is 4.93. The van der Waals surface area contributed by atoms with Crippen LogP contribution in [0.2, 0.25) is 0 Å². The summed E-state index contributed by atoms with van der Waals surface area (Å²) < 4.78 is 13.3. The SMILES string of the molecule is Oc1ccc(CC(O)c2ncccc2F)cc1. The highest BCUT2D eigenvalue weighted by Gasteiger charge is 2.14. The van der Waals surface area contributed by atoms with Crippen LogP contribution in [0.25, 0.3) is 0 Å². The van der Waals surface area contributed by atoms with E-state index in [1.807, 2.05) is 0 Å². The van der Waals surface area contributed by atoms with Gasteiger partial charge in [0.25, 0.3) is 0 Å². The van der Waals surface area contributed by atoms with Crippen molar-refractivity contribution in [2.45, 2.75) is 12.5 Å². The van der Waals surface area contributed by atoms with Gasteiger partial charge in [-0.25, -0.2) is 4.39 Å². The fourth-order valence-corrected chi connectivity index (χ4v) is 1.60. The predicted octanol–water partition coefficient (Wildman–Crippen LogP) is 2.20. The van der Waals surface area contributed by atoms with Crippen molar-refractivity contribution in [2.24, 2.45) is 0 Å². The lowest BCUT2D eigenvalue weighted by Gasteiger charge is -2.10. The van der Waals surface area contributed by atoms with Crippen molar-refractivity contribution >= 4 is 0 Å². The molecule has 1 heterocycles. The highest BCUT2D eigenvalue weighted by atomic mass is 19.1. The van der Waals surface area contributed by atoms with E-state index in [-0.39, 0.29) is 17.9 Å². The van der Waals surface area contributed by atoms with Crippen LogP contribution in [0, 0.1) is 5.82 Å². The van der Waals surface area contributed by atoms with Crippen molar-refractivity contribution < 1.29 is 14.6 Å². The van der Waals surface area contributed by atoms with Crippen molar-refractivity contribution in [3.8, 4) is 5.75 Å². The fraction of sp³-hybridized carbons (Fsp3) is 0.154. The van der Waals surface area contributed by atoms with Crippen LogP contribution in [-0.2, 0) is 6.42 Å². The maximum atomic E-state index is 13.3. The van der Waals surface area contributed by atoms with E-state index in [9.17, 15) is 9.50 Å². The number of aliphatic hydroxyl groups excluding tert-OH is 1. The van der Waals surface area contributed by atoms with Crippen LogP contribution in [0.4, 0.5) is 4.39 Å². The number of phenolic OH excluding ortho intramolecular Hbond substituents is 1. The van der Waals surface area contributed by atoms with Gasteiger partial charge in [-0.2, -0.15) is 0 Å². The van der Waals surface area contributed by atoms with E-state index in [1.54, 1.807) is 12.1 Å². The van der Waals surface area contributed by atoms with Gasteiger partial charge in [-0.1, -0.05) is 12.1 Å². The topological polar surface area (TPSA) is 53.4 Å². The summed E-state index contributed by atoms with van der Waals surface area (Å²) >= 11 is 0. The maximum Gasteiger partial charge on any atom is 0.147 e. The maximum absolute atomic E-state index is 13.3. The van der Waals surface area contributed by atoms with E-state index < -0.39 is 11.9 Å². The molecule has 0 amide bonds. The van der Waals surface area contributed by atoms with Gasteiger partial charge in [-0.15, -0.1) is 0 Å². The molecular weight excluding hydrogens is 221 g/mol. The number of phenols is 1. The Bertz CT molecular complexity index is 499. The molecule has 0 aliphatic carbocycles. The average Bonchev–Trinajstić information content (AvgIpc) is 2.32. The fourth-order valence-electron chi connectivity index (χ4n) is 1.60. The number of pyridine rings is 1. The Hall–Kier alpha value is -1.94. The van der Waals surface area contributed by atoms with Crippen LogP contribution in [0.3, 0.4) is 0 Å². The normalized spacial score (nSPS) is 12.4. The summed E-state index contributed by atoms with van der Waals surface area (Å²) in [6.45, 7) is 0. The number of benzene rings is 1. The molecule has 0 spiro atoms. The van der Waals surface area contributed by atoms with Crippen molar-refractivity contribution in [3.05, 3.63) is 59.7 Å². The molecule has 17 heavy (non-hydrogen) atoms. The molecule has 0 aliphatic rings. The number of aromatic hydroxyl groups is 1. The second-order valence-corrected chi connectivity index (χ2v) is 3.76. The van der Waals surface area contributed by atoms with Crippen LogP contribution in [0.15, 0.2) is 42.6 Å². The first kappa shape index (κ1) is 11.5. The van der Waals surface area contributed by atoms with Crippen molar-refractivity contribution in [3.63, 3.8) is 0 Å². The number of aliphatic hydroxyl groups is 1. The van der Waals surface area contributed by atoms with Crippen LogP contribution < -0.4 is 0 Å². The number of aromatic nitrogens is 1. The number of hydrogen-bond donors (Lipinski definition) is 2. The lowest BCUT2D eigenvalue weighted by Crippen LogP contribution is -2.06. The summed E-state index contributed by atoms with van der Waals surface area (Å²) in [5.41, 5.74) is 0.848. The molecule has 1 aromatic heterocycles. The minimum atomic E-state index is -0.985. The Labute approximate surface area is 98.2 Å². The number of halogens is 1. The first-order chi connectivity index (χ1) is 8.16. The van der Waals surface area contributed by atoms with Gasteiger partial charge in [0.15, 0.2) is 0 Å².